The quantitative estimate of drug-likeness (QED) is 0.140. The molecule has 0 radical (unpaired) electrons. The Kier molecular flexibility index (Phi) is 10.7. The van der Waals surface area contributed by atoms with Crippen LogP contribution in [0.2, 0.25) is 0 Å². The zero-order chi connectivity index (χ0) is 32.4. The van der Waals surface area contributed by atoms with Gasteiger partial charge >= 0.3 is 0 Å². The Hall–Kier alpha value is -4.86. The molecule has 0 aliphatic carbocycles. The highest BCUT2D eigenvalue weighted by molar-refractivity contribution is 6.67. The lowest BCUT2D eigenvalue weighted by Gasteiger charge is -2.36. The largest absolute Gasteiger partial charge is 0.486 e. The maximum atomic E-state index is 12.5. The SMILES string of the molecule is O=C(Cl)c1ccccc1.O=C(Nc1ccc2ncn(CCCCN3CCN(c4ccc5c(c4)OCCO5)CC3)c2c1)c1ccccc1. The van der Waals surface area contributed by atoms with Crippen LogP contribution in [0.5, 0.6) is 11.5 Å². The molecule has 0 unspecified atom stereocenters. The monoisotopic (exact) mass is 651 g/mol. The molecule has 9 nitrogen and oxygen atoms in total. The number of aromatic nitrogens is 2. The molecule has 10 heteroatoms. The number of anilines is 2. The summed E-state index contributed by atoms with van der Waals surface area (Å²) < 4.78 is 13.6. The molecule has 1 fully saturated rings. The predicted octanol–water partition coefficient (Wildman–Crippen LogP) is 6.73. The zero-order valence-corrected chi connectivity index (χ0v) is 26.9. The summed E-state index contributed by atoms with van der Waals surface area (Å²) in [5.74, 6) is 1.59. The van der Waals surface area contributed by atoms with Crippen LogP contribution in [0.3, 0.4) is 0 Å². The van der Waals surface area contributed by atoms with Crippen LogP contribution in [-0.4, -0.2) is 71.5 Å². The van der Waals surface area contributed by atoms with Gasteiger partial charge < -0.3 is 24.3 Å². The number of carbonyl (C=O) groups is 2. The van der Waals surface area contributed by atoms with Gasteiger partial charge in [-0.25, -0.2) is 4.98 Å². The summed E-state index contributed by atoms with van der Waals surface area (Å²) >= 11 is 5.16. The molecule has 3 heterocycles. The van der Waals surface area contributed by atoms with Gasteiger partial charge in [-0.2, -0.15) is 0 Å². The molecule has 1 saturated heterocycles. The first-order valence-electron chi connectivity index (χ1n) is 16.0. The van der Waals surface area contributed by atoms with E-state index in [-0.39, 0.29) is 5.91 Å². The molecule has 0 bridgehead atoms. The average molecular weight is 652 g/mol. The van der Waals surface area contributed by atoms with E-state index in [1.807, 2.05) is 67.0 Å². The molecule has 47 heavy (non-hydrogen) atoms. The van der Waals surface area contributed by atoms with E-state index in [0.29, 0.717) is 24.3 Å². The molecule has 0 atom stereocenters. The lowest BCUT2D eigenvalue weighted by Crippen LogP contribution is -2.46. The number of amides is 1. The second kappa shape index (κ2) is 15.6. The van der Waals surface area contributed by atoms with Gasteiger partial charge in [0.15, 0.2) is 11.5 Å². The molecule has 1 N–H and O–H groups in total. The van der Waals surface area contributed by atoms with Crippen LogP contribution in [0.25, 0.3) is 11.0 Å². The summed E-state index contributed by atoms with van der Waals surface area (Å²) in [6.45, 7) is 7.40. The van der Waals surface area contributed by atoms with Gasteiger partial charge in [0.05, 0.1) is 17.4 Å². The molecule has 4 aromatic carbocycles. The molecule has 7 rings (SSSR count). The van der Waals surface area contributed by atoms with Gasteiger partial charge in [0.2, 0.25) is 0 Å². The van der Waals surface area contributed by atoms with E-state index >= 15 is 0 Å². The standard InChI is InChI=1S/C30H33N5O3.C7H5ClO/c36-30(23-6-2-1-3-7-23)32-24-8-10-26-27(20-24)35(22-31-26)13-5-4-12-33-14-16-34(17-15-33)25-9-11-28-29(21-25)38-19-18-37-28;8-7(9)6-4-2-1-3-5-6/h1-3,6-11,20-22H,4-5,12-19H2,(H,32,36);1-5H. The van der Waals surface area contributed by atoms with Crippen LogP contribution in [0.4, 0.5) is 11.4 Å². The van der Waals surface area contributed by atoms with Crippen LogP contribution in [0, 0.1) is 0 Å². The highest BCUT2D eigenvalue weighted by Gasteiger charge is 2.19. The van der Waals surface area contributed by atoms with Gasteiger partial charge in [0.1, 0.15) is 13.2 Å². The van der Waals surface area contributed by atoms with Crippen LogP contribution < -0.4 is 19.7 Å². The fourth-order valence-electron chi connectivity index (χ4n) is 5.75. The second-order valence-electron chi connectivity index (χ2n) is 11.5. The van der Waals surface area contributed by atoms with E-state index in [1.165, 1.54) is 5.69 Å². The minimum Gasteiger partial charge on any atom is -0.486 e. The Morgan fingerprint density at radius 3 is 2.13 bits per heavy atom. The number of fused-ring (bicyclic) bond motifs is 2. The Balaban J connectivity index is 0.000000373. The smallest absolute Gasteiger partial charge is 0.255 e. The molecule has 0 saturated carbocycles. The number of hydrogen-bond acceptors (Lipinski definition) is 7. The van der Waals surface area contributed by atoms with E-state index in [0.717, 1.165) is 80.3 Å². The number of ether oxygens (including phenoxy) is 2. The third-order valence-electron chi connectivity index (χ3n) is 8.30. The Morgan fingerprint density at radius 2 is 1.43 bits per heavy atom. The van der Waals surface area contributed by atoms with E-state index in [4.69, 9.17) is 21.1 Å². The molecule has 0 spiro atoms. The Bertz CT molecular complexity index is 1790. The van der Waals surface area contributed by atoms with Crippen molar-refractivity contribution >= 4 is 45.2 Å². The summed E-state index contributed by atoms with van der Waals surface area (Å²) in [5, 5.41) is 2.60. The molecule has 2 aliphatic heterocycles. The van der Waals surface area contributed by atoms with Gasteiger partial charge in [0.25, 0.3) is 11.1 Å². The van der Waals surface area contributed by atoms with Crippen molar-refractivity contribution in [2.45, 2.75) is 19.4 Å². The van der Waals surface area contributed by atoms with Crippen molar-refractivity contribution in [3.05, 3.63) is 115 Å². The van der Waals surface area contributed by atoms with Crippen LogP contribution >= 0.6 is 11.6 Å². The van der Waals surface area contributed by atoms with Gasteiger partial charge in [-0.05, 0) is 73.5 Å². The van der Waals surface area contributed by atoms with E-state index < -0.39 is 5.24 Å². The summed E-state index contributed by atoms with van der Waals surface area (Å²) in [6.07, 6.45) is 4.11. The number of piperazine rings is 1. The number of rotatable bonds is 9. The topological polar surface area (TPSA) is 88.9 Å². The Labute approximate surface area is 279 Å². The molecule has 1 aromatic heterocycles. The molecular weight excluding hydrogens is 614 g/mol. The molecule has 242 valence electrons. The van der Waals surface area contributed by atoms with Crippen molar-refractivity contribution in [1.29, 1.82) is 0 Å². The highest BCUT2D eigenvalue weighted by Crippen LogP contribution is 2.34. The van der Waals surface area contributed by atoms with Crippen molar-refractivity contribution in [2.75, 3.05) is 56.2 Å². The number of imidazole rings is 1. The van der Waals surface area contributed by atoms with Gasteiger partial charge in [0, 0.05) is 61.3 Å². The molecule has 2 aliphatic rings. The fraction of sp³-hybridized carbons (Fsp3) is 0.270. The van der Waals surface area contributed by atoms with Gasteiger partial charge in [-0.1, -0.05) is 48.5 Å². The number of unbranched alkanes of at least 4 members (excludes halogenated alkanes) is 1. The minimum absolute atomic E-state index is 0.106. The number of hydrogen-bond donors (Lipinski definition) is 1. The van der Waals surface area contributed by atoms with Crippen molar-refractivity contribution in [2.24, 2.45) is 0 Å². The zero-order valence-electron chi connectivity index (χ0n) is 26.2. The van der Waals surface area contributed by atoms with Crippen molar-refractivity contribution < 1.29 is 19.1 Å². The number of halogens is 1. The molecule has 5 aromatic rings. The third kappa shape index (κ3) is 8.49. The van der Waals surface area contributed by atoms with Gasteiger partial charge in [-0.3, -0.25) is 14.5 Å². The first-order chi connectivity index (χ1) is 23.0. The average Bonchev–Trinajstić information content (AvgIpc) is 3.53. The third-order valence-corrected chi connectivity index (χ3v) is 8.52. The maximum absolute atomic E-state index is 12.5. The van der Waals surface area contributed by atoms with E-state index in [1.54, 1.807) is 24.3 Å². The summed E-state index contributed by atoms with van der Waals surface area (Å²) in [4.78, 5) is 32.5. The molecule has 1 amide bonds. The van der Waals surface area contributed by atoms with Crippen molar-refractivity contribution in [1.82, 2.24) is 14.5 Å². The number of aryl methyl sites for hydroxylation is 1. The summed E-state index contributed by atoms with van der Waals surface area (Å²) in [5.41, 5.74) is 5.17. The van der Waals surface area contributed by atoms with E-state index in [2.05, 4.69) is 36.8 Å². The van der Waals surface area contributed by atoms with Crippen molar-refractivity contribution in [3.63, 3.8) is 0 Å². The lowest BCUT2D eigenvalue weighted by atomic mass is 10.2. The van der Waals surface area contributed by atoms with Crippen LogP contribution in [-0.2, 0) is 6.54 Å². The lowest BCUT2D eigenvalue weighted by molar-refractivity contribution is 0.102. The maximum Gasteiger partial charge on any atom is 0.255 e. The summed E-state index contributed by atoms with van der Waals surface area (Å²) in [7, 11) is 0. The van der Waals surface area contributed by atoms with Crippen LogP contribution in [0.15, 0.2) is 103 Å². The number of carbonyl (C=O) groups excluding carboxylic acids is 2. The first-order valence-corrected chi connectivity index (χ1v) is 16.3. The van der Waals surface area contributed by atoms with E-state index in [9.17, 15) is 9.59 Å². The Morgan fingerprint density at radius 1 is 0.745 bits per heavy atom. The predicted molar refractivity (Wildman–Crippen MR) is 186 cm³/mol. The second-order valence-corrected chi connectivity index (χ2v) is 11.8. The number of nitrogens with one attached hydrogen (secondary N) is 1. The van der Waals surface area contributed by atoms with Crippen molar-refractivity contribution in [3.8, 4) is 11.5 Å². The summed E-state index contributed by atoms with van der Waals surface area (Å²) in [6, 6.07) is 30.2. The fourth-order valence-corrected chi connectivity index (χ4v) is 5.88. The van der Waals surface area contributed by atoms with Crippen LogP contribution in [0.1, 0.15) is 33.6 Å². The van der Waals surface area contributed by atoms with Gasteiger partial charge in [-0.15, -0.1) is 0 Å². The minimum atomic E-state index is -0.407. The normalized spacial score (nSPS) is 14.3. The first kappa shape index (κ1) is 32.1. The highest BCUT2D eigenvalue weighted by atomic mass is 35.5. The molecular formula is C37H38ClN5O4. The number of benzene rings is 4. The number of nitrogens with zero attached hydrogens (tertiary/aromatic N) is 4.